The Balaban J connectivity index is 2.25. The maximum absolute atomic E-state index is 4.58. The van der Waals surface area contributed by atoms with Crippen LogP contribution in [0.1, 0.15) is 19.4 Å². The zero-order valence-electron chi connectivity index (χ0n) is 7.77. The molecule has 0 fully saturated rings. The summed E-state index contributed by atoms with van der Waals surface area (Å²) >= 11 is 1.84. The van der Waals surface area contributed by atoms with Gasteiger partial charge in [0.15, 0.2) is 0 Å². The lowest BCUT2D eigenvalue weighted by molar-refractivity contribution is 0.749. The summed E-state index contributed by atoms with van der Waals surface area (Å²) in [6.45, 7) is 4.36. The number of rotatable bonds is 1. The quantitative estimate of drug-likeness (QED) is 0.682. The fourth-order valence-electron chi connectivity index (χ4n) is 1.23. The number of nitrogens with zero attached hydrogens (tertiary/aromatic N) is 2. The van der Waals surface area contributed by atoms with E-state index in [1.165, 1.54) is 0 Å². The zero-order valence-corrected chi connectivity index (χ0v) is 8.58. The van der Waals surface area contributed by atoms with Gasteiger partial charge in [0.25, 0.3) is 0 Å². The van der Waals surface area contributed by atoms with Gasteiger partial charge in [0.1, 0.15) is 0 Å². The van der Waals surface area contributed by atoms with Crippen LogP contribution >= 0.6 is 11.8 Å². The predicted molar refractivity (Wildman–Crippen MR) is 57.3 cm³/mol. The molecule has 0 aliphatic carbocycles. The summed E-state index contributed by atoms with van der Waals surface area (Å²) in [5.74, 6) is 0. The van der Waals surface area contributed by atoms with Gasteiger partial charge in [-0.3, -0.25) is 9.98 Å². The largest absolute Gasteiger partial charge is 0.274 e. The van der Waals surface area contributed by atoms with Crippen LogP contribution in [0.5, 0.6) is 0 Å². The van der Waals surface area contributed by atoms with Crippen molar-refractivity contribution in [2.24, 2.45) is 4.99 Å². The van der Waals surface area contributed by atoms with E-state index in [1.54, 1.807) is 6.20 Å². The maximum Gasteiger partial charge on any atom is 0.0999 e. The number of aliphatic imine (C=N–C) groups is 1. The Hall–Kier alpha value is -0.830. The van der Waals surface area contributed by atoms with Crippen molar-refractivity contribution in [2.75, 3.05) is 0 Å². The normalized spacial score (nSPS) is 27.4. The van der Waals surface area contributed by atoms with Gasteiger partial charge in [0.2, 0.25) is 0 Å². The first-order valence-electron chi connectivity index (χ1n) is 4.42. The fourth-order valence-corrected chi connectivity index (χ4v) is 2.32. The summed E-state index contributed by atoms with van der Waals surface area (Å²) in [6, 6.07) is 4.44. The minimum absolute atomic E-state index is 0.431. The van der Waals surface area contributed by atoms with Gasteiger partial charge in [0, 0.05) is 23.2 Å². The molecule has 2 unspecified atom stereocenters. The van der Waals surface area contributed by atoms with Crippen molar-refractivity contribution in [3.05, 3.63) is 30.1 Å². The first kappa shape index (κ1) is 8.75. The molecule has 2 nitrogen and oxygen atoms in total. The van der Waals surface area contributed by atoms with Crippen molar-refractivity contribution in [3.8, 4) is 0 Å². The number of pyridine rings is 1. The summed E-state index contributed by atoms with van der Waals surface area (Å²) in [5.41, 5.74) is 1.14. The van der Waals surface area contributed by atoms with E-state index in [4.69, 9.17) is 0 Å². The molecule has 0 saturated carbocycles. The molecule has 0 bridgehead atoms. The SMILES string of the molecule is CC1N=C(c2cccnc2)SC1C. The summed E-state index contributed by atoms with van der Waals surface area (Å²) in [6.07, 6.45) is 3.66. The molecular formula is C10H12N2S. The molecule has 0 saturated heterocycles. The molecule has 2 atom stereocenters. The minimum Gasteiger partial charge on any atom is -0.274 e. The van der Waals surface area contributed by atoms with Gasteiger partial charge in [0.05, 0.1) is 11.1 Å². The second-order valence-electron chi connectivity index (χ2n) is 3.24. The highest BCUT2D eigenvalue weighted by molar-refractivity contribution is 8.15. The lowest BCUT2D eigenvalue weighted by atomic mass is 10.2. The van der Waals surface area contributed by atoms with Crippen LogP contribution in [0.25, 0.3) is 0 Å². The Bertz CT molecular complexity index is 321. The van der Waals surface area contributed by atoms with Gasteiger partial charge in [-0.05, 0) is 19.1 Å². The zero-order chi connectivity index (χ0) is 9.26. The molecule has 68 valence electrons. The van der Waals surface area contributed by atoms with Crippen molar-refractivity contribution in [2.45, 2.75) is 25.1 Å². The summed E-state index contributed by atoms with van der Waals surface area (Å²) < 4.78 is 0. The molecule has 1 aliphatic heterocycles. The third kappa shape index (κ3) is 1.75. The third-order valence-electron chi connectivity index (χ3n) is 2.21. The van der Waals surface area contributed by atoms with Crippen LogP contribution in [0.2, 0.25) is 0 Å². The molecule has 1 aromatic rings. The molecule has 13 heavy (non-hydrogen) atoms. The van der Waals surface area contributed by atoms with E-state index in [2.05, 4.69) is 29.9 Å². The van der Waals surface area contributed by atoms with Gasteiger partial charge in [-0.15, -0.1) is 11.8 Å². The Morgan fingerprint density at radius 1 is 1.38 bits per heavy atom. The summed E-state index contributed by atoms with van der Waals surface area (Å²) in [7, 11) is 0. The molecule has 0 N–H and O–H groups in total. The topological polar surface area (TPSA) is 25.2 Å². The fraction of sp³-hybridized carbons (Fsp3) is 0.400. The molecule has 0 radical (unpaired) electrons. The third-order valence-corrected chi connectivity index (χ3v) is 3.54. The first-order chi connectivity index (χ1) is 6.27. The summed E-state index contributed by atoms with van der Waals surface area (Å²) in [5, 5.41) is 1.73. The highest BCUT2D eigenvalue weighted by atomic mass is 32.2. The molecule has 1 aromatic heterocycles. The Morgan fingerprint density at radius 3 is 2.77 bits per heavy atom. The summed E-state index contributed by atoms with van der Waals surface area (Å²) in [4.78, 5) is 8.66. The van der Waals surface area contributed by atoms with Crippen LogP contribution < -0.4 is 0 Å². The van der Waals surface area contributed by atoms with Crippen LogP contribution in [0.3, 0.4) is 0 Å². The van der Waals surface area contributed by atoms with Crippen LogP contribution in [-0.4, -0.2) is 21.3 Å². The van der Waals surface area contributed by atoms with E-state index < -0.39 is 0 Å². The van der Waals surface area contributed by atoms with Gasteiger partial charge in [-0.25, -0.2) is 0 Å². The second-order valence-corrected chi connectivity index (χ2v) is 4.61. The monoisotopic (exact) mass is 192 g/mol. The van der Waals surface area contributed by atoms with Crippen molar-refractivity contribution < 1.29 is 0 Å². The van der Waals surface area contributed by atoms with Crippen molar-refractivity contribution in [1.82, 2.24) is 4.98 Å². The van der Waals surface area contributed by atoms with Crippen LogP contribution in [-0.2, 0) is 0 Å². The number of thioether (sulfide) groups is 1. The molecule has 2 heterocycles. The lowest BCUT2D eigenvalue weighted by Crippen LogP contribution is -2.07. The average molecular weight is 192 g/mol. The van der Waals surface area contributed by atoms with Gasteiger partial charge in [-0.1, -0.05) is 6.92 Å². The van der Waals surface area contributed by atoms with Crippen molar-refractivity contribution >= 4 is 16.8 Å². The molecular weight excluding hydrogens is 180 g/mol. The average Bonchev–Trinajstić information content (AvgIpc) is 2.49. The van der Waals surface area contributed by atoms with E-state index in [-0.39, 0.29) is 0 Å². The maximum atomic E-state index is 4.58. The lowest BCUT2D eigenvalue weighted by Gasteiger charge is -2.03. The van der Waals surface area contributed by atoms with E-state index in [9.17, 15) is 0 Å². The van der Waals surface area contributed by atoms with E-state index in [0.717, 1.165) is 10.6 Å². The molecule has 0 spiro atoms. The smallest absolute Gasteiger partial charge is 0.0999 e. The number of hydrogen-bond acceptors (Lipinski definition) is 3. The van der Waals surface area contributed by atoms with Crippen LogP contribution in [0.4, 0.5) is 0 Å². The van der Waals surface area contributed by atoms with Gasteiger partial charge in [-0.2, -0.15) is 0 Å². The van der Waals surface area contributed by atoms with Crippen LogP contribution in [0, 0.1) is 0 Å². The van der Waals surface area contributed by atoms with E-state index in [0.29, 0.717) is 11.3 Å². The highest BCUT2D eigenvalue weighted by Gasteiger charge is 2.23. The second kappa shape index (κ2) is 3.50. The predicted octanol–water partition coefficient (Wildman–Crippen LogP) is 2.35. The Kier molecular flexibility index (Phi) is 2.36. The number of hydrogen-bond donors (Lipinski definition) is 0. The first-order valence-corrected chi connectivity index (χ1v) is 5.30. The molecule has 0 amide bonds. The van der Waals surface area contributed by atoms with Gasteiger partial charge < -0.3 is 0 Å². The Labute approximate surface area is 82.5 Å². The van der Waals surface area contributed by atoms with E-state index >= 15 is 0 Å². The molecule has 2 rings (SSSR count). The molecule has 0 aromatic carbocycles. The van der Waals surface area contributed by atoms with Crippen LogP contribution in [0.15, 0.2) is 29.5 Å². The Morgan fingerprint density at radius 2 is 2.23 bits per heavy atom. The van der Waals surface area contributed by atoms with E-state index in [1.807, 2.05) is 24.0 Å². The highest BCUT2D eigenvalue weighted by Crippen LogP contribution is 2.29. The van der Waals surface area contributed by atoms with Crippen molar-refractivity contribution in [1.29, 1.82) is 0 Å². The standard InChI is InChI=1S/C10H12N2S/c1-7-8(2)13-10(12-7)9-4-3-5-11-6-9/h3-8H,1-2H3. The molecule has 3 heteroatoms. The number of aromatic nitrogens is 1. The van der Waals surface area contributed by atoms with Gasteiger partial charge >= 0.3 is 0 Å². The van der Waals surface area contributed by atoms with Crippen molar-refractivity contribution in [3.63, 3.8) is 0 Å². The minimum atomic E-state index is 0.431. The molecule has 1 aliphatic rings.